The normalized spacial score (nSPS) is 16.8. The molecule has 1 aliphatic rings. The van der Waals surface area contributed by atoms with Gasteiger partial charge in [-0.25, -0.2) is 0 Å². The van der Waals surface area contributed by atoms with Crippen molar-refractivity contribution in [1.29, 1.82) is 0 Å². The van der Waals surface area contributed by atoms with Crippen molar-refractivity contribution in [3.63, 3.8) is 0 Å². The first kappa shape index (κ1) is 12.2. The number of ether oxygens (including phenoxy) is 2. The molecule has 94 valence electrons. The van der Waals surface area contributed by atoms with E-state index in [1.165, 1.54) is 5.56 Å². The third-order valence-corrected chi connectivity index (χ3v) is 3.03. The van der Waals surface area contributed by atoms with Crippen LogP contribution in [0.2, 0.25) is 0 Å². The maximum Gasteiger partial charge on any atom is 0.122 e. The molecule has 2 rings (SSSR count). The van der Waals surface area contributed by atoms with E-state index in [9.17, 15) is 0 Å². The second kappa shape index (κ2) is 5.89. The van der Waals surface area contributed by atoms with Gasteiger partial charge in [0.15, 0.2) is 0 Å². The summed E-state index contributed by atoms with van der Waals surface area (Å²) >= 11 is 0. The van der Waals surface area contributed by atoms with Crippen molar-refractivity contribution >= 4 is 0 Å². The summed E-state index contributed by atoms with van der Waals surface area (Å²) in [6, 6.07) is 6.05. The zero-order valence-corrected chi connectivity index (χ0v) is 10.5. The molecule has 0 aliphatic carbocycles. The summed E-state index contributed by atoms with van der Waals surface area (Å²) in [6.45, 7) is 5.29. The van der Waals surface area contributed by atoms with Crippen LogP contribution >= 0.6 is 0 Å². The summed E-state index contributed by atoms with van der Waals surface area (Å²) < 4.78 is 10.6. The Morgan fingerprint density at radius 2 is 1.65 bits per heavy atom. The second-order valence-corrected chi connectivity index (χ2v) is 4.25. The van der Waals surface area contributed by atoms with E-state index in [1.807, 2.05) is 6.07 Å². The lowest BCUT2D eigenvalue weighted by molar-refractivity contribution is 0.232. The summed E-state index contributed by atoms with van der Waals surface area (Å²) in [5.41, 5.74) is 1.24. The summed E-state index contributed by atoms with van der Waals surface area (Å²) in [5.74, 6) is 1.71. The lowest BCUT2D eigenvalue weighted by Crippen LogP contribution is -2.42. The van der Waals surface area contributed by atoms with E-state index < -0.39 is 0 Å². The summed E-state index contributed by atoms with van der Waals surface area (Å²) in [7, 11) is 3.37. The van der Waals surface area contributed by atoms with Gasteiger partial charge >= 0.3 is 0 Å². The Morgan fingerprint density at radius 1 is 1.06 bits per heavy atom. The highest BCUT2D eigenvalue weighted by molar-refractivity contribution is 5.38. The van der Waals surface area contributed by atoms with Crippen LogP contribution in [-0.2, 0) is 6.54 Å². The zero-order valence-electron chi connectivity index (χ0n) is 10.5. The number of nitrogens with zero attached hydrogens (tertiary/aromatic N) is 1. The molecule has 0 unspecified atom stereocenters. The molecule has 1 saturated heterocycles. The minimum Gasteiger partial charge on any atom is -0.497 e. The largest absolute Gasteiger partial charge is 0.497 e. The molecule has 1 N–H and O–H groups in total. The van der Waals surface area contributed by atoms with Crippen LogP contribution in [0.15, 0.2) is 18.2 Å². The van der Waals surface area contributed by atoms with E-state index in [0.717, 1.165) is 44.2 Å². The maximum atomic E-state index is 5.28. The van der Waals surface area contributed by atoms with Gasteiger partial charge in [-0.05, 0) is 17.7 Å². The van der Waals surface area contributed by atoms with E-state index in [4.69, 9.17) is 9.47 Å². The van der Waals surface area contributed by atoms with Gasteiger partial charge < -0.3 is 14.8 Å². The second-order valence-electron chi connectivity index (χ2n) is 4.25. The Bertz CT molecular complexity index is 340. The third kappa shape index (κ3) is 3.35. The number of rotatable bonds is 4. The Kier molecular flexibility index (Phi) is 4.23. The number of hydrogen-bond donors (Lipinski definition) is 1. The van der Waals surface area contributed by atoms with Crippen LogP contribution in [0.5, 0.6) is 11.5 Å². The predicted octanol–water partition coefficient (Wildman–Crippen LogP) is 1.11. The lowest BCUT2D eigenvalue weighted by atomic mass is 10.1. The highest BCUT2D eigenvalue weighted by Crippen LogP contribution is 2.23. The van der Waals surface area contributed by atoms with Crippen LogP contribution in [-0.4, -0.2) is 45.3 Å². The molecule has 0 bridgehead atoms. The molecule has 0 aromatic heterocycles. The molecule has 0 atom stereocenters. The Hall–Kier alpha value is -1.26. The third-order valence-electron chi connectivity index (χ3n) is 3.03. The first-order chi connectivity index (χ1) is 8.31. The fraction of sp³-hybridized carbons (Fsp3) is 0.538. The van der Waals surface area contributed by atoms with E-state index in [0.29, 0.717) is 0 Å². The SMILES string of the molecule is COc1cc(CN2CCNCC2)cc(OC)c1. The molecule has 1 aromatic carbocycles. The molecule has 1 heterocycles. The van der Waals surface area contributed by atoms with Crippen molar-refractivity contribution in [2.75, 3.05) is 40.4 Å². The summed E-state index contributed by atoms with van der Waals surface area (Å²) in [6.07, 6.45) is 0. The van der Waals surface area contributed by atoms with Crippen LogP contribution in [0, 0.1) is 0 Å². The van der Waals surface area contributed by atoms with Crippen LogP contribution in [0.25, 0.3) is 0 Å². The molecule has 0 spiro atoms. The number of piperazine rings is 1. The van der Waals surface area contributed by atoms with Crippen molar-refractivity contribution in [1.82, 2.24) is 10.2 Å². The van der Waals surface area contributed by atoms with E-state index in [1.54, 1.807) is 14.2 Å². The molecule has 17 heavy (non-hydrogen) atoms. The summed E-state index contributed by atoms with van der Waals surface area (Å²) in [4.78, 5) is 2.44. The van der Waals surface area contributed by atoms with E-state index in [2.05, 4.69) is 22.3 Å². The van der Waals surface area contributed by atoms with Gasteiger partial charge in [-0.2, -0.15) is 0 Å². The van der Waals surface area contributed by atoms with Crippen LogP contribution in [0.1, 0.15) is 5.56 Å². The van der Waals surface area contributed by atoms with Gasteiger partial charge in [0.05, 0.1) is 14.2 Å². The molecule has 4 nitrogen and oxygen atoms in total. The number of benzene rings is 1. The fourth-order valence-electron chi connectivity index (χ4n) is 2.09. The van der Waals surface area contributed by atoms with Gasteiger partial charge in [-0.15, -0.1) is 0 Å². The smallest absolute Gasteiger partial charge is 0.122 e. The number of nitrogens with one attached hydrogen (secondary N) is 1. The van der Waals surface area contributed by atoms with Gasteiger partial charge in [-0.1, -0.05) is 0 Å². The minimum absolute atomic E-state index is 0.856. The van der Waals surface area contributed by atoms with Crippen molar-refractivity contribution in [3.05, 3.63) is 23.8 Å². The molecule has 1 aromatic rings. The Balaban J connectivity index is 2.07. The minimum atomic E-state index is 0.856. The zero-order chi connectivity index (χ0) is 12.1. The Labute approximate surface area is 103 Å². The van der Waals surface area contributed by atoms with Crippen molar-refractivity contribution < 1.29 is 9.47 Å². The lowest BCUT2D eigenvalue weighted by Gasteiger charge is -2.27. The highest BCUT2D eigenvalue weighted by Gasteiger charge is 2.11. The molecule has 0 radical (unpaired) electrons. The highest BCUT2D eigenvalue weighted by atomic mass is 16.5. The molecule has 1 aliphatic heterocycles. The number of hydrogen-bond acceptors (Lipinski definition) is 4. The van der Waals surface area contributed by atoms with Crippen LogP contribution in [0.3, 0.4) is 0 Å². The first-order valence-corrected chi connectivity index (χ1v) is 5.97. The van der Waals surface area contributed by atoms with Crippen LogP contribution in [0.4, 0.5) is 0 Å². The van der Waals surface area contributed by atoms with Crippen molar-refractivity contribution in [3.8, 4) is 11.5 Å². The van der Waals surface area contributed by atoms with Gasteiger partial charge in [0.1, 0.15) is 11.5 Å². The molecule has 0 saturated carbocycles. The van der Waals surface area contributed by atoms with Crippen molar-refractivity contribution in [2.45, 2.75) is 6.54 Å². The predicted molar refractivity (Wildman–Crippen MR) is 67.7 cm³/mol. The molecular formula is C13H20N2O2. The fourth-order valence-corrected chi connectivity index (χ4v) is 2.09. The van der Waals surface area contributed by atoms with Gasteiger partial charge in [-0.3, -0.25) is 4.90 Å². The number of methoxy groups -OCH3 is 2. The van der Waals surface area contributed by atoms with E-state index in [-0.39, 0.29) is 0 Å². The first-order valence-electron chi connectivity index (χ1n) is 5.97. The van der Waals surface area contributed by atoms with Gasteiger partial charge in [0.25, 0.3) is 0 Å². The van der Waals surface area contributed by atoms with Gasteiger partial charge in [0.2, 0.25) is 0 Å². The Morgan fingerprint density at radius 3 is 2.18 bits per heavy atom. The summed E-state index contributed by atoms with van der Waals surface area (Å²) in [5, 5.41) is 3.35. The quantitative estimate of drug-likeness (QED) is 0.849. The average Bonchev–Trinajstić information content (AvgIpc) is 2.39. The standard InChI is InChI=1S/C13H20N2O2/c1-16-12-7-11(8-13(9-12)17-2)10-15-5-3-14-4-6-15/h7-9,14H,3-6,10H2,1-2H3. The average molecular weight is 236 g/mol. The monoisotopic (exact) mass is 236 g/mol. The molecule has 1 fully saturated rings. The van der Waals surface area contributed by atoms with E-state index >= 15 is 0 Å². The maximum absolute atomic E-state index is 5.28. The van der Waals surface area contributed by atoms with Gasteiger partial charge in [0, 0.05) is 38.8 Å². The van der Waals surface area contributed by atoms with Crippen LogP contribution < -0.4 is 14.8 Å². The van der Waals surface area contributed by atoms with Crippen molar-refractivity contribution in [2.24, 2.45) is 0 Å². The molecular weight excluding hydrogens is 216 g/mol. The molecule has 4 heteroatoms. The molecule has 0 amide bonds. The topological polar surface area (TPSA) is 33.7 Å².